The van der Waals surface area contributed by atoms with Gasteiger partial charge in [-0.05, 0) is 57.1 Å². The lowest BCUT2D eigenvalue weighted by atomic mass is 9.89. The molecule has 1 aliphatic rings. The molecule has 9 atom stereocenters. The second kappa shape index (κ2) is 22.3. The molecular weight excluding hydrogens is 702 g/mol. The fraction of sp³-hybridized carbons (Fsp3) is 0.738. The van der Waals surface area contributed by atoms with Gasteiger partial charge in [-0.3, -0.25) is 24.1 Å². The zero-order valence-corrected chi connectivity index (χ0v) is 35.7. The first-order valence-corrected chi connectivity index (χ1v) is 20.0. The van der Waals surface area contributed by atoms with Gasteiger partial charge < -0.3 is 35.0 Å². The van der Waals surface area contributed by atoms with Crippen LogP contribution in [-0.4, -0.2) is 133 Å². The molecule has 1 aromatic carbocycles. The molecule has 0 bridgehead atoms. The third kappa shape index (κ3) is 12.7. The van der Waals surface area contributed by atoms with Crippen LogP contribution in [0.5, 0.6) is 0 Å². The summed E-state index contributed by atoms with van der Waals surface area (Å²) < 4.78 is 11.9. The van der Waals surface area contributed by atoms with Crippen LogP contribution in [0, 0.1) is 23.7 Å². The van der Waals surface area contributed by atoms with E-state index in [0.717, 1.165) is 12.0 Å². The molecule has 2 rings (SSSR count). The van der Waals surface area contributed by atoms with Crippen LogP contribution in [0.3, 0.4) is 0 Å². The number of ether oxygens (including phenoxy) is 2. The van der Waals surface area contributed by atoms with Crippen molar-refractivity contribution in [2.45, 2.75) is 143 Å². The topological polar surface area (TPSA) is 158 Å². The van der Waals surface area contributed by atoms with Crippen molar-refractivity contribution in [1.29, 1.82) is 0 Å². The summed E-state index contributed by atoms with van der Waals surface area (Å²) in [6, 6.07) is 6.00. The van der Waals surface area contributed by atoms with E-state index in [2.05, 4.69) is 10.6 Å². The minimum atomic E-state index is -1.14. The van der Waals surface area contributed by atoms with Crippen molar-refractivity contribution in [1.82, 2.24) is 25.3 Å². The highest BCUT2D eigenvalue weighted by molar-refractivity contribution is 5.90. The number of aliphatic carboxylic acids is 1. The van der Waals surface area contributed by atoms with E-state index in [1.54, 1.807) is 30.9 Å². The number of nitrogens with one attached hydrogen (secondary N) is 2. The van der Waals surface area contributed by atoms with Gasteiger partial charge in [-0.15, -0.1) is 0 Å². The van der Waals surface area contributed by atoms with Gasteiger partial charge in [0.1, 0.15) is 12.1 Å². The summed E-state index contributed by atoms with van der Waals surface area (Å²) in [6.07, 6.45) is 0.808. The highest BCUT2D eigenvalue weighted by atomic mass is 16.5. The number of amides is 4. The zero-order valence-electron chi connectivity index (χ0n) is 35.7. The Morgan fingerprint density at radius 3 is 2.00 bits per heavy atom. The van der Waals surface area contributed by atoms with E-state index in [1.165, 1.54) is 7.11 Å². The standard InChI is InChI=1S/C42H71N5O8/c1-14-28(8)37(46(11)41(51)35(25(2)3)44-40(50)36(26(4)5)45(10)27(6)7)33(54-12)24-34(48)47-22-18-21-32(47)38(55-13)29(9)39(49)43-31(42(52)53)23-30-19-16-15-17-20-30/h15-17,19-20,25-29,31-33,35-38H,14,18,21-24H2,1-13H3,(H,43,49)(H,44,50)(H,52,53)/t28?,29-,31+,32?,33?,35+,36+,37+,38?/m1/s1. The molecule has 0 aliphatic carbocycles. The van der Waals surface area contributed by atoms with Crippen LogP contribution in [0.1, 0.15) is 93.6 Å². The van der Waals surface area contributed by atoms with Crippen molar-refractivity contribution in [2.75, 3.05) is 34.9 Å². The Morgan fingerprint density at radius 2 is 1.51 bits per heavy atom. The van der Waals surface area contributed by atoms with Crippen molar-refractivity contribution >= 4 is 29.6 Å². The molecule has 0 radical (unpaired) electrons. The minimum absolute atomic E-state index is 0.0118. The number of carboxylic acids is 1. The molecule has 1 aromatic rings. The lowest BCUT2D eigenvalue weighted by Crippen LogP contribution is -2.60. The molecule has 312 valence electrons. The van der Waals surface area contributed by atoms with Crippen molar-refractivity contribution in [2.24, 2.45) is 23.7 Å². The molecule has 13 heteroatoms. The Labute approximate surface area is 330 Å². The van der Waals surface area contributed by atoms with Crippen molar-refractivity contribution in [3.8, 4) is 0 Å². The summed E-state index contributed by atoms with van der Waals surface area (Å²) in [6.45, 7) is 18.1. The van der Waals surface area contributed by atoms with Crippen molar-refractivity contribution < 1.29 is 38.6 Å². The molecule has 1 heterocycles. The highest BCUT2D eigenvalue weighted by Crippen LogP contribution is 2.30. The smallest absolute Gasteiger partial charge is 0.326 e. The van der Waals surface area contributed by atoms with Crippen LogP contribution in [0.15, 0.2) is 30.3 Å². The first kappa shape index (κ1) is 47.6. The molecule has 1 aliphatic heterocycles. The fourth-order valence-electron chi connectivity index (χ4n) is 7.91. The van der Waals surface area contributed by atoms with Crippen LogP contribution in [0.25, 0.3) is 0 Å². The number of nitrogens with zero attached hydrogens (tertiary/aromatic N) is 3. The van der Waals surface area contributed by atoms with E-state index in [0.29, 0.717) is 19.4 Å². The third-order valence-corrected chi connectivity index (χ3v) is 11.5. The monoisotopic (exact) mass is 774 g/mol. The molecule has 0 saturated carbocycles. The second-order valence-corrected chi connectivity index (χ2v) is 16.4. The average molecular weight is 774 g/mol. The number of likely N-dealkylation sites (N-methyl/N-ethyl adjacent to an activating group) is 2. The van der Waals surface area contributed by atoms with Gasteiger partial charge in [-0.1, -0.05) is 85.2 Å². The Kier molecular flexibility index (Phi) is 19.3. The zero-order chi connectivity index (χ0) is 41.7. The molecule has 13 nitrogen and oxygen atoms in total. The van der Waals surface area contributed by atoms with E-state index >= 15 is 0 Å². The summed E-state index contributed by atoms with van der Waals surface area (Å²) >= 11 is 0. The number of hydrogen-bond acceptors (Lipinski definition) is 8. The average Bonchev–Trinajstić information content (AvgIpc) is 3.62. The minimum Gasteiger partial charge on any atom is -0.480 e. The maximum Gasteiger partial charge on any atom is 0.326 e. The maximum atomic E-state index is 14.3. The van der Waals surface area contributed by atoms with Gasteiger partial charge in [0.25, 0.3) is 0 Å². The Hall–Kier alpha value is -3.55. The molecule has 3 N–H and O–H groups in total. The predicted molar refractivity (Wildman–Crippen MR) is 214 cm³/mol. The molecule has 55 heavy (non-hydrogen) atoms. The van der Waals surface area contributed by atoms with Crippen LogP contribution in [0.4, 0.5) is 0 Å². The Bertz CT molecular complexity index is 1390. The van der Waals surface area contributed by atoms with Crippen LogP contribution >= 0.6 is 0 Å². The second-order valence-electron chi connectivity index (χ2n) is 16.4. The van der Waals surface area contributed by atoms with Crippen molar-refractivity contribution in [3.63, 3.8) is 0 Å². The summed E-state index contributed by atoms with van der Waals surface area (Å²) in [7, 11) is 6.69. The number of likely N-dealkylation sites (tertiary alicyclic amines) is 1. The quantitative estimate of drug-likeness (QED) is 0.157. The van der Waals surface area contributed by atoms with Gasteiger partial charge in [0.15, 0.2) is 0 Å². The van der Waals surface area contributed by atoms with E-state index in [9.17, 15) is 29.1 Å². The molecule has 0 spiro atoms. The predicted octanol–water partition coefficient (Wildman–Crippen LogP) is 4.22. The van der Waals surface area contributed by atoms with Crippen molar-refractivity contribution in [3.05, 3.63) is 35.9 Å². The van der Waals surface area contributed by atoms with E-state index in [-0.39, 0.29) is 54.4 Å². The largest absolute Gasteiger partial charge is 0.480 e. The van der Waals surface area contributed by atoms with E-state index < -0.39 is 60.2 Å². The normalized spacial score (nSPS) is 19.1. The lowest BCUT2D eigenvalue weighted by molar-refractivity contribution is -0.148. The number of methoxy groups -OCH3 is 2. The molecule has 4 amide bonds. The van der Waals surface area contributed by atoms with Gasteiger partial charge in [0.2, 0.25) is 23.6 Å². The summed E-state index contributed by atoms with van der Waals surface area (Å²) in [5.74, 6) is -3.21. The van der Waals surface area contributed by atoms with Gasteiger partial charge in [0.05, 0.1) is 42.7 Å². The number of hydrogen-bond donors (Lipinski definition) is 3. The Morgan fingerprint density at radius 1 is 0.891 bits per heavy atom. The number of carbonyl (C=O) groups excluding carboxylic acids is 4. The number of benzene rings is 1. The SMILES string of the molecule is CCC(C)[C@@H](C(CC(=O)N1CCCC1C(OC)[C@@H](C)C(=O)N[C@@H](Cc1ccccc1)C(=O)O)OC)N(C)C(=O)[C@@H](NC(=O)[C@H](C(C)C)N(C)C(C)C)C(C)C. The van der Waals surface area contributed by atoms with E-state index in [4.69, 9.17) is 9.47 Å². The fourth-order valence-corrected chi connectivity index (χ4v) is 7.91. The lowest BCUT2D eigenvalue weighted by Gasteiger charge is -2.41. The summed E-state index contributed by atoms with van der Waals surface area (Å²) in [5.41, 5.74) is 0.785. The number of rotatable bonds is 22. The van der Waals surface area contributed by atoms with Gasteiger partial charge in [-0.2, -0.15) is 0 Å². The number of carboxylic acid groups (broad SMARTS) is 1. The molecule has 0 aromatic heterocycles. The Balaban J connectivity index is 2.29. The molecular formula is C42H71N5O8. The summed E-state index contributed by atoms with van der Waals surface area (Å²) in [4.78, 5) is 73.3. The van der Waals surface area contributed by atoms with E-state index in [1.807, 2.05) is 97.7 Å². The molecule has 1 saturated heterocycles. The van der Waals surface area contributed by atoms with Crippen LogP contribution in [0.2, 0.25) is 0 Å². The maximum absolute atomic E-state index is 14.3. The summed E-state index contributed by atoms with van der Waals surface area (Å²) in [5, 5.41) is 15.7. The van der Waals surface area contributed by atoms with Gasteiger partial charge in [0, 0.05) is 40.3 Å². The molecule has 1 fully saturated rings. The van der Waals surface area contributed by atoms with Gasteiger partial charge >= 0.3 is 5.97 Å². The molecule has 4 unspecified atom stereocenters. The van der Waals surface area contributed by atoms with Crippen LogP contribution in [-0.2, 0) is 39.9 Å². The number of carbonyl (C=O) groups is 5. The third-order valence-electron chi connectivity index (χ3n) is 11.5. The highest BCUT2D eigenvalue weighted by Gasteiger charge is 2.43. The first-order valence-electron chi connectivity index (χ1n) is 20.0. The first-order chi connectivity index (χ1) is 25.8. The van der Waals surface area contributed by atoms with Gasteiger partial charge in [-0.25, -0.2) is 4.79 Å². The van der Waals surface area contributed by atoms with Crippen LogP contribution < -0.4 is 10.6 Å².